The molecule has 0 unspecified atom stereocenters. The van der Waals surface area contributed by atoms with Crippen LogP contribution in [0.3, 0.4) is 0 Å². The maximum Gasteiger partial charge on any atom is 0.304 e. The standard InChI is InChI=1S/C14H22N2O5S2/c1-14(2,3)13(19)15-8-6-10-4-5-12(22-10)23(20,21)16-9-7-11(17)18/h4-5,16H,6-9H2,1-3H3,(H,15,19)(H,17,18). The van der Waals surface area contributed by atoms with E-state index >= 15 is 0 Å². The number of thiophene rings is 1. The van der Waals surface area contributed by atoms with Gasteiger partial charge in [-0.3, -0.25) is 9.59 Å². The van der Waals surface area contributed by atoms with Crippen molar-refractivity contribution in [2.45, 2.75) is 37.8 Å². The van der Waals surface area contributed by atoms with Crippen LogP contribution in [0.1, 0.15) is 32.1 Å². The molecule has 9 heteroatoms. The number of aliphatic carboxylic acids is 1. The minimum atomic E-state index is -3.68. The zero-order valence-electron chi connectivity index (χ0n) is 13.4. The molecular formula is C14H22N2O5S2. The number of carbonyl (C=O) groups excluding carboxylic acids is 1. The molecule has 0 saturated carbocycles. The van der Waals surface area contributed by atoms with Gasteiger partial charge in [0.2, 0.25) is 15.9 Å². The number of carboxylic acids is 1. The Bertz CT molecular complexity index is 659. The number of amides is 1. The van der Waals surface area contributed by atoms with Gasteiger partial charge >= 0.3 is 5.97 Å². The fourth-order valence-corrected chi connectivity index (χ4v) is 4.00. The molecule has 1 rings (SSSR count). The first-order chi connectivity index (χ1) is 10.5. The van der Waals surface area contributed by atoms with Gasteiger partial charge in [0.1, 0.15) is 4.21 Å². The van der Waals surface area contributed by atoms with Crippen molar-refractivity contribution in [3.63, 3.8) is 0 Å². The van der Waals surface area contributed by atoms with Crippen LogP contribution >= 0.6 is 11.3 Å². The third kappa shape index (κ3) is 6.67. The second-order valence-electron chi connectivity index (χ2n) is 6.02. The fraction of sp³-hybridized carbons (Fsp3) is 0.571. The van der Waals surface area contributed by atoms with E-state index in [0.29, 0.717) is 13.0 Å². The van der Waals surface area contributed by atoms with Crippen LogP contribution < -0.4 is 10.0 Å². The smallest absolute Gasteiger partial charge is 0.304 e. The maximum absolute atomic E-state index is 12.0. The lowest BCUT2D eigenvalue weighted by atomic mass is 9.96. The molecule has 1 aromatic heterocycles. The van der Waals surface area contributed by atoms with E-state index in [0.717, 1.165) is 16.2 Å². The van der Waals surface area contributed by atoms with Gasteiger partial charge in [-0.25, -0.2) is 13.1 Å². The molecule has 23 heavy (non-hydrogen) atoms. The first-order valence-corrected chi connectivity index (χ1v) is 9.41. The molecule has 1 aromatic rings. The topological polar surface area (TPSA) is 113 Å². The Kier molecular flexibility index (Phi) is 6.72. The largest absolute Gasteiger partial charge is 0.481 e. The van der Waals surface area contributed by atoms with Crippen molar-refractivity contribution in [2.24, 2.45) is 5.41 Å². The Morgan fingerprint density at radius 3 is 2.43 bits per heavy atom. The van der Waals surface area contributed by atoms with Gasteiger partial charge in [-0.1, -0.05) is 20.8 Å². The Morgan fingerprint density at radius 1 is 1.22 bits per heavy atom. The number of sulfonamides is 1. The van der Waals surface area contributed by atoms with Crippen molar-refractivity contribution >= 4 is 33.2 Å². The highest BCUT2D eigenvalue weighted by Gasteiger charge is 2.21. The van der Waals surface area contributed by atoms with Crippen LogP contribution in [-0.2, 0) is 26.0 Å². The fourth-order valence-electron chi connectivity index (χ4n) is 1.56. The molecule has 0 saturated heterocycles. The highest BCUT2D eigenvalue weighted by Crippen LogP contribution is 2.22. The summed E-state index contributed by atoms with van der Waals surface area (Å²) in [6, 6.07) is 3.17. The van der Waals surface area contributed by atoms with E-state index in [-0.39, 0.29) is 23.1 Å². The Hall–Kier alpha value is -1.45. The zero-order valence-corrected chi connectivity index (χ0v) is 15.0. The van der Waals surface area contributed by atoms with E-state index in [1.807, 2.05) is 20.8 Å². The summed E-state index contributed by atoms with van der Waals surface area (Å²) in [7, 11) is -3.68. The van der Waals surface area contributed by atoms with Crippen molar-refractivity contribution in [2.75, 3.05) is 13.1 Å². The average molecular weight is 362 g/mol. The Balaban J connectivity index is 2.54. The minimum absolute atomic E-state index is 0.0581. The zero-order chi connectivity index (χ0) is 17.7. The lowest BCUT2D eigenvalue weighted by molar-refractivity contribution is -0.136. The average Bonchev–Trinajstić information content (AvgIpc) is 2.86. The van der Waals surface area contributed by atoms with Crippen LogP contribution in [0, 0.1) is 5.41 Å². The lowest BCUT2D eigenvalue weighted by Gasteiger charge is -2.17. The number of hydrogen-bond acceptors (Lipinski definition) is 5. The van der Waals surface area contributed by atoms with Gasteiger partial charge < -0.3 is 10.4 Å². The summed E-state index contributed by atoms with van der Waals surface area (Å²) in [5.74, 6) is -1.12. The second-order valence-corrected chi connectivity index (χ2v) is 9.18. The number of carboxylic acid groups (broad SMARTS) is 1. The quantitative estimate of drug-likeness (QED) is 0.643. The summed E-state index contributed by atoms with van der Waals surface area (Å²) >= 11 is 1.11. The molecule has 130 valence electrons. The van der Waals surface area contributed by atoms with Gasteiger partial charge in [0, 0.05) is 23.4 Å². The van der Waals surface area contributed by atoms with Crippen molar-refractivity contribution in [3.8, 4) is 0 Å². The second kappa shape index (κ2) is 7.89. The molecule has 3 N–H and O–H groups in total. The first kappa shape index (κ1) is 19.6. The SMILES string of the molecule is CC(C)(C)C(=O)NCCc1ccc(S(=O)(=O)NCCC(=O)O)s1. The lowest BCUT2D eigenvalue weighted by Crippen LogP contribution is -2.35. The molecule has 0 aliphatic rings. The predicted octanol–water partition coefficient (Wildman–Crippen LogP) is 1.21. The van der Waals surface area contributed by atoms with Crippen molar-refractivity contribution in [1.29, 1.82) is 0 Å². The van der Waals surface area contributed by atoms with Crippen LogP contribution in [0.25, 0.3) is 0 Å². The van der Waals surface area contributed by atoms with E-state index in [4.69, 9.17) is 5.11 Å². The summed E-state index contributed by atoms with van der Waals surface area (Å²) in [6.07, 6.45) is 0.271. The Morgan fingerprint density at radius 2 is 1.87 bits per heavy atom. The van der Waals surface area contributed by atoms with E-state index in [1.165, 1.54) is 6.07 Å². The number of hydrogen-bond donors (Lipinski definition) is 3. The molecule has 0 radical (unpaired) electrons. The van der Waals surface area contributed by atoms with Crippen LogP contribution in [0.5, 0.6) is 0 Å². The van der Waals surface area contributed by atoms with Gasteiger partial charge in [0.25, 0.3) is 0 Å². The van der Waals surface area contributed by atoms with Crippen LogP contribution in [0.4, 0.5) is 0 Å². The summed E-state index contributed by atoms with van der Waals surface area (Å²) < 4.78 is 26.3. The monoisotopic (exact) mass is 362 g/mol. The molecule has 1 amide bonds. The first-order valence-electron chi connectivity index (χ1n) is 7.11. The summed E-state index contributed by atoms with van der Waals surface area (Å²) in [4.78, 5) is 23.0. The van der Waals surface area contributed by atoms with Gasteiger partial charge in [0.15, 0.2) is 0 Å². The molecule has 1 heterocycles. The number of nitrogens with one attached hydrogen (secondary N) is 2. The molecule has 0 atom stereocenters. The maximum atomic E-state index is 12.0. The Labute approximate surface area is 140 Å². The van der Waals surface area contributed by atoms with E-state index in [2.05, 4.69) is 10.0 Å². The van der Waals surface area contributed by atoms with Crippen LogP contribution in [-0.4, -0.2) is 38.5 Å². The molecule has 0 aliphatic carbocycles. The molecule has 0 spiro atoms. The number of carbonyl (C=O) groups is 2. The van der Waals surface area contributed by atoms with E-state index < -0.39 is 21.4 Å². The summed E-state index contributed by atoms with van der Waals surface area (Å²) in [5.41, 5.74) is -0.460. The molecule has 0 aliphatic heterocycles. The van der Waals surface area contributed by atoms with Gasteiger partial charge in [-0.15, -0.1) is 11.3 Å². The van der Waals surface area contributed by atoms with Crippen LogP contribution in [0.2, 0.25) is 0 Å². The normalized spacial score (nSPS) is 12.1. The van der Waals surface area contributed by atoms with Crippen molar-refractivity contribution in [3.05, 3.63) is 17.0 Å². The van der Waals surface area contributed by atoms with Gasteiger partial charge in [-0.2, -0.15) is 0 Å². The molecule has 7 nitrogen and oxygen atoms in total. The van der Waals surface area contributed by atoms with Crippen molar-refractivity contribution in [1.82, 2.24) is 10.0 Å². The van der Waals surface area contributed by atoms with E-state index in [9.17, 15) is 18.0 Å². The molecule has 0 bridgehead atoms. The van der Waals surface area contributed by atoms with Gasteiger partial charge in [0.05, 0.1) is 6.42 Å². The number of rotatable bonds is 8. The molecule has 0 aromatic carbocycles. The minimum Gasteiger partial charge on any atom is -0.481 e. The predicted molar refractivity (Wildman–Crippen MR) is 87.9 cm³/mol. The third-order valence-electron chi connectivity index (χ3n) is 2.87. The van der Waals surface area contributed by atoms with Crippen LogP contribution in [0.15, 0.2) is 16.3 Å². The molecular weight excluding hydrogens is 340 g/mol. The summed E-state index contributed by atoms with van der Waals surface area (Å²) in [6.45, 7) is 5.75. The van der Waals surface area contributed by atoms with E-state index in [1.54, 1.807) is 6.07 Å². The van der Waals surface area contributed by atoms with Crippen molar-refractivity contribution < 1.29 is 23.1 Å². The highest BCUT2D eigenvalue weighted by molar-refractivity contribution is 7.91. The summed E-state index contributed by atoms with van der Waals surface area (Å²) in [5, 5.41) is 11.3. The highest BCUT2D eigenvalue weighted by atomic mass is 32.2. The third-order valence-corrected chi connectivity index (χ3v) is 5.97. The molecule has 0 fully saturated rings. The van der Waals surface area contributed by atoms with Gasteiger partial charge in [-0.05, 0) is 18.6 Å².